The summed E-state index contributed by atoms with van der Waals surface area (Å²) >= 11 is 0. The van der Waals surface area contributed by atoms with Gasteiger partial charge in [0, 0.05) is 6.92 Å². The van der Waals surface area contributed by atoms with E-state index in [2.05, 4.69) is 23.9 Å². The molecule has 116 valence electrons. The van der Waals surface area contributed by atoms with Crippen molar-refractivity contribution < 1.29 is 19.1 Å². The van der Waals surface area contributed by atoms with Crippen LogP contribution in [0.4, 0.5) is 0 Å². The second kappa shape index (κ2) is 7.67. The Morgan fingerprint density at radius 3 is 2.48 bits per heavy atom. The van der Waals surface area contributed by atoms with E-state index in [4.69, 9.17) is 4.74 Å². The zero-order valence-electron chi connectivity index (χ0n) is 13.2. The third-order valence-electron chi connectivity index (χ3n) is 3.06. The highest BCUT2D eigenvalue weighted by Gasteiger charge is 2.21. The number of hydrogen-bond donors (Lipinski definition) is 1. The lowest BCUT2D eigenvalue weighted by molar-refractivity contribution is -0.145. The standard InChI is InChI=1S/C16H23NO4/c1-10(2)13-7-6-11(3)8-15(13)21-9-14(16(19)20-5)17-12(4)18/h6-8,10,14H,9H2,1-5H3,(H,17,18). The van der Waals surface area contributed by atoms with Crippen LogP contribution in [0.25, 0.3) is 0 Å². The van der Waals surface area contributed by atoms with E-state index in [9.17, 15) is 9.59 Å². The van der Waals surface area contributed by atoms with E-state index < -0.39 is 12.0 Å². The van der Waals surface area contributed by atoms with Crippen molar-refractivity contribution in [3.8, 4) is 5.75 Å². The second-order valence-corrected chi connectivity index (χ2v) is 5.28. The van der Waals surface area contributed by atoms with Gasteiger partial charge in [0.05, 0.1) is 7.11 Å². The Hall–Kier alpha value is -2.04. The number of rotatable bonds is 6. The number of amides is 1. The Bertz CT molecular complexity index is 511. The van der Waals surface area contributed by atoms with Gasteiger partial charge in [-0.05, 0) is 30.0 Å². The fraction of sp³-hybridized carbons (Fsp3) is 0.500. The van der Waals surface area contributed by atoms with E-state index in [1.54, 1.807) is 0 Å². The van der Waals surface area contributed by atoms with Crippen molar-refractivity contribution in [1.82, 2.24) is 5.32 Å². The summed E-state index contributed by atoms with van der Waals surface area (Å²) in [5.74, 6) is 0.202. The maximum Gasteiger partial charge on any atom is 0.331 e. The molecule has 0 aliphatic carbocycles. The number of aryl methyl sites for hydroxylation is 1. The Morgan fingerprint density at radius 1 is 1.29 bits per heavy atom. The molecule has 1 amide bonds. The molecule has 5 nitrogen and oxygen atoms in total. The monoisotopic (exact) mass is 293 g/mol. The minimum Gasteiger partial charge on any atom is -0.491 e. The van der Waals surface area contributed by atoms with Gasteiger partial charge in [0.15, 0.2) is 6.04 Å². The highest BCUT2D eigenvalue weighted by Crippen LogP contribution is 2.27. The lowest BCUT2D eigenvalue weighted by Crippen LogP contribution is -2.44. The van der Waals surface area contributed by atoms with Gasteiger partial charge in [0.2, 0.25) is 5.91 Å². The molecule has 1 aromatic carbocycles. The highest BCUT2D eigenvalue weighted by molar-refractivity contribution is 5.83. The third-order valence-corrected chi connectivity index (χ3v) is 3.06. The minimum absolute atomic E-state index is 0.0371. The summed E-state index contributed by atoms with van der Waals surface area (Å²) in [5.41, 5.74) is 2.13. The van der Waals surface area contributed by atoms with Crippen LogP contribution in [-0.4, -0.2) is 31.6 Å². The van der Waals surface area contributed by atoms with Crippen molar-refractivity contribution >= 4 is 11.9 Å². The number of benzene rings is 1. The average molecular weight is 293 g/mol. The zero-order chi connectivity index (χ0) is 16.0. The molecule has 1 unspecified atom stereocenters. The average Bonchev–Trinajstić information content (AvgIpc) is 2.41. The molecule has 0 aliphatic heterocycles. The summed E-state index contributed by atoms with van der Waals surface area (Å²) in [6, 6.07) is 5.15. The van der Waals surface area contributed by atoms with Crippen LogP contribution in [0.15, 0.2) is 18.2 Å². The fourth-order valence-electron chi connectivity index (χ4n) is 1.97. The van der Waals surface area contributed by atoms with Crippen LogP contribution in [-0.2, 0) is 14.3 Å². The predicted octanol–water partition coefficient (Wildman–Crippen LogP) is 2.17. The van der Waals surface area contributed by atoms with Crippen LogP contribution in [0.1, 0.15) is 37.8 Å². The number of carbonyl (C=O) groups is 2. The van der Waals surface area contributed by atoms with Crippen LogP contribution >= 0.6 is 0 Å². The van der Waals surface area contributed by atoms with Crippen LogP contribution in [0.2, 0.25) is 0 Å². The minimum atomic E-state index is -0.812. The summed E-state index contributed by atoms with van der Waals surface area (Å²) in [7, 11) is 1.28. The van der Waals surface area contributed by atoms with Crippen molar-refractivity contribution in [3.63, 3.8) is 0 Å². The highest BCUT2D eigenvalue weighted by atomic mass is 16.5. The van der Waals surface area contributed by atoms with Crippen LogP contribution in [0.5, 0.6) is 5.75 Å². The molecule has 1 atom stereocenters. The number of carbonyl (C=O) groups excluding carboxylic acids is 2. The fourth-order valence-corrected chi connectivity index (χ4v) is 1.97. The van der Waals surface area contributed by atoms with E-state index in [-0.39, 0.29) is 12.5 Å². The molecule has 1 aromatic rings. The Kier molecular flexibility index (Phi) is 6.21. The second-order valence-electron chi connectivity index (χ2n) is 5.28. The molecular weight excluding hydrogens is 270 g/mol. The molecular formula is C16H23NO4. The number of nitrogens with one attached hydrogen (secondary N) is 1. The van der Waals surface area contributed by atoms with Gasteiger partial charge in [-0.1, -0.05) is 26.0 Å². The molecule has 0 saturated carbocycles. The summed E-state index contributed by atoms with van der Waals surface area (Å²) in [6.45, 7) is 7.51. The molecule has 1 rings (SSSR count). The topological polar surface area (TPSA) is 64.6 Å². The first-order chi connectivity index (χ1) is 9.85. The van der Waals surface area contributed by atoms with E-state index in [1.165, 1.54) is 14.0 Å². The molecule has 0 bridgehead atoms. The van der Waals surface area contributed by atoms with Gasteiger partial charge in [0.25, 0.3) is 0 Å². The summed E-state index contributed by atoms with van der Waals surface area (Å²) in [4.78, 5) is 22.8. The van der Waals surface area contributed by atoms with E-state index in [0.29, 0.717) is 5.92 Å². The zero-order valence-corrected chi connectivity index (χ0v) is 13.2. The van der Waals surface area contributed by atoms with E-state index in [1.807, 2.05) is 25.1 Å². The molecule has 21 heavy (non-hydrogen) atoms. The number of ether oxygens (including phenoxy) is 2. The van der Waals surface area contributed by atoms with Crippen LogP contribution in [0, 0.1) is 6.92 Å². The first kappa shape index (κ1) is 17.0. The molecule has 0 saturated heterocycles. The molecule has 0 aromatic heterocycles. The molecule has 0 spiro atoms. The van der Waals surface area contributed by atoms with Crippen LogP contribution in [0.3, 0.4) is 0 Å². The maximum atomic E-state index is 11.6. The van der Waals surface area contributed by atoms with Crippen molar-refractivity contribution in [2.24, 2.45) is 0 Å². The van der Waals surface area contributed by atoms with Crippen LogP contribution < -0.4 is 10.1 Å². The lowest BCUT2D eigenvalue weighted by atomic mass is 10.0. The molecule has 1 N–H and O–H groups in total. The molecule has 0 fully saturated rings. The Morgan fingerprint density at radius 2 is 1.95 bits per heavy atom. The molecule has 0 aliphatic rings. The molecule has 5 heteroatoms. The Labute approximate surface area is 125 Å². The van der Waals surface area contributed by atoms with Gasteiger partial charge in [-0.2, -0.15) is 0 Å². The third kappa shape index (κ3) is 5.10. The number of esters is 1. The van der Waals surface area contributed by atoms with Crippen molar-refractivity contribution in [2.75, 3.05) is 13.7 Å². The maximum absolute atomic E-state index is 11.6. The normalized spacial score (nSPS) is 11.9. The quantitative estimate of drug-likeness (QED) is 0.816. The first-order valence-corrected chi connectivity index (χ1v) is 6.93. The largest absolute Gasteiger partial charge is 0.491 e. The smallest absolute Gasteiger partial charge is 0.331 e. The summed E-state index contributed by atoms with van der Waals surface area (Å²) in [6.07, 6.45) is 0. The van der Waals surface area contributed by atoms with Gasteiger partial charge >= 0.3 is 5.97 Å². The van der Waals surface area contributed by atoms with Crippen molar-refractivity contribution in [1.29, 1.82) is 0 Å². The van der Waals surface area contributed by atoms with Gasteiger partial charge < -0.3 is 14.8 Å². The SMILES string of the molecule is COC(=O)C(COc1cc(C)ccc1C(C)C)NC(C)=O. The van der Waals surface area contributed by atoms with Crippen molar-refractivity contribution in [3.05, 3.63) is 29.3 Å². The Balaban J connectivity index is 2.86. The summed E-state index contributed by atoms with van der Waals surface area (Å²) in [5, 5.41) is 2.53. The van der Waals surface area contributed by atoms with Gasteiger partial charge in [-0.25, -0.2) is 4.79 Å². The number of hydrogen-bond acceptors (Lipinski definition) is 4. The van der Waals surface area contributed by atoms with Gasteiger partial charge in [-0.3, -0.25) is 4.79 Å². The van der Waals surface area contributed by atoms with E-state index in [0.717, 1.165) is 16.9 Å². The number of methoxy groups -OCH3 is 1. The lowest BCUT2D eigenvalue weighted by Gasteiger charge is -2.19. The van der Waals surface area contributed by atoms with E-state index >= 15 is 0 Å². The van der Waals surface area contributed by atoms with Gasteiger partial charge in [0.1, 0.15) is 12.4 Å². The van der Waals surface area contributed by atoms with Gasteiger partial charge in [-0.15, -0.1) is 0 Å². The predicted molar refractivity (Wildman–Crippen MR) is 80.4 cm³/mol. The molecule has 0 heterocycles. The van der Waals surface area contributed by atoms with Crippen molar-refractivity contribution in [2.45, 2.75) is 39.7 Å². The summed E-state index contributed by atoms with van der Waals surface area (Å²) < 4.78 is 10.4. The first-order valence-electron chi connectivity index (χ1n) is 6.93. The molecule has 0 radical (unpaired) electrons.